The molecule has 4 aliphatic rings. The molecule has 1 aliphatic carbocycles. The number of nitrogens with zero attached hydrogens (tertiary/aromatic N) is 2. The molecular weight excluding hydrogens is 597 g/mol. The lowest BCUT2D eigenvalue weighted by atomic mass is 9.81. The molecule has 7 rings (SSSR count). The molecule has 2 N–H and O–H groups in total. The van der Waals surface area contributed by atoms with Crippen molar-refractivity contribution in [2.45, 2.75) is 69.3 Å². The summed E-state index contributed by atoms with van der Waals surface area (Å²) in [6.45, 7) is 4.14. The number of rotatable bonds is 5. The molecule has 0 bridgehead atoms. The van der Waals surface area contributed by atoms with Crippen molar-refractivity contribution in [2.75, 3.05) is 19.5 Å². The number of nitrogens with one attached hydrogen (secondary N) is 1. The maximum Gasteiger partial charge on any atom is 0.408 e. The van der Waals surface area contributed by atoms with Crippen molar-refractivity contribution in [2.24, 2.45) is 0 Å². The molecule has 226 valence electrons. The average molecular weight is 628 g/mol. The molecule has 1 fully saturated rings. The number of alkyl carbamates (subject to hydrolysis) is 1. The number of benzene rings is 1. The van der Waals surface area contributed by atoms with Crippen LogP contribution in [0.15, 0.2) is 16.9 Å². The number of aliphatic hydroxyl groups is 1. The Kier molecular flexibility index (Phi) is 6.99. The molecule has 1 saturated heterocycles. The van der Waals surface area contributed by atoms with Gasteiger partial charge >= 0.3 is 12.1 Å². The van der Waals surface area contributed by atoms with Gasteiger partial charge in [-0.2, -0.15) is 0 Å². The summed E-state index contributed by atoms with van der Waals surface area (Å²) < 4.78 is 33.2. The first kappa shape index (κ1) is 28.6. The van der Waals surface area contributed by atoms with Crippen LogP contribution in [-0.2, 0) is 44.2 Å². The number of cyclic esters (lactones) is 1. The Hall–Kier alpha value is -3.13. The van der Waals surface area contributed by atoms with Gasteiger partial charge in [0.05, 0.1) is 53.5 Å². The number of hydrogen-bond donors (Lipinski definition) is 2. The molecule has 5 heterocycles. The van der Waals surface area contributed by atoms with Gasteiger partial charge in [0.25, 0.3) is 5.56 Å². The van der Waals surface area contributed by atoms with Crippen LogP contribution in [0.4, 0.5) is 9.18 Å². The predicted octanol–water partition coefficient (Wildman–Crippen LogP) is 4.02. The van der Waals surface area contributed by atoms with Crippen LogP contribution < -0.4 is 10.9 Å². The molecule has 0 unspecified atom stereocenters. The molecule has 43 heavy (non-hydrogen) atoms. The van der Waals surface area contributed by atoms with Crippen LogP contribution in [0.1, 0.15) is 59.2 Å². The highest BCUT2D eigenvalue weighted by atomic mass is 33.1. The van der Waals surface area contributed by atoms with Crippen molar-refractivity contribution in [3.8, 4) is 11.4 Å². The van der Waals surface area contributed by atoms with E-state index in [0.29, 0.717) is 48.5 Å². The summed E-state index contributed by atoms with van der Waals surface area (Å²) >= 11 is 0. The molecule has 1 amide bonds. The number of aromatic nitrogens is 2. The van der Waals surface area contributed by atoms with Gasteiger partial charge in [-0.3, -0.25) is 4.79 Å². The summed E-state index contributed by atoms with van der Waals surface area (Å²) in [6, 6.07) is 2.54. The van der Waals surface area contributed by atoms with Crippen LogP contribution in [0.3, 0.4) is 0 Å². The lowest BCUT2D eigenvalue weighted by Gasteiger charge is -2.31. The van der Waals surface area contributed by atoms with E-state index in [0.717, 1.165) is 22.1 Å². The number of carbonyl (C=O) groups excluding carboxylic acids is 2. The highest BCUT2D eigenvalue weighted by molar-refractivity contribution is 8.76. The molecule has 1 aromatic carbocycles. The molecule has 0 radical (unpaired) electrons. The monoisotopic (exact) mass is 627 g/mol. The van der Waals surface area contributed by atoms with Crippen LogP contribution in [0.25, 0.3) is 22.3 Å². The molecule has 0 saturated carbocycles. The summed E-state index contributed by atoms with van der Waals surface area (Å²) in [5.74, 6) is -1.18. The predicted molar refractivity (Wildman–Crippen MR) is 159 cm³/mol. The number of ether oxygens (including phenoxy) is 3. The van der Waals surface area contributed by atoms with E-state index in [1.807, 2.05) is 6.26 Å². The van der Waals surface area contributed by atoms with Gasteiger partial charge in [-0.05, 0) is 55.2 Å². The highest BCUT2D eigenvalue weighted by Gasteiger charge is 2.46. The largest absolute Gasteiger partial charge is 0.458 e. The van der Waals surface area contributed by atoms with Crippen molar-refractivity contribution in [1.29, 1.82) is 0 Å². The Morgan fingerprint density at radius 3 is 2.86 bits per heavy atom. The summed E-state index contributed by atoms with van der Waals surface area (Å²) in [6.07, 6.45) is 2.06. The van der Waals surface area contributed by atoms with Gasteiger partial charge in [0.15, 0.2) is 5.60 Å². The molecule has 4 atom stereocenters. The summed E-state index contributed by atoms with van der Waals surface area (Å²) in [5, 5.41) is 15.1. The second kappa shape index (κ2) is 10.5. The van der Waals surface area contributed by atoms with E-state index in [2.05, 4.69) is 5.32 Å². The maximum absolute atomic E-state index is 15.1. The fourth-order valence-corrected chi connectivity index (χ4v) is 8.79. The number of halogens is 1. The molecule has 2 aromatic heterocycles. The van der Waals surface area contributed by atoms with E-state index in [9.17, 15) is 19.5 Å². The SMILES string of the molecule is CC[C@@]1(O)C(=O)OCc2c1cc1n(c2=O)Cc2c-1nc1cc(F)c(C)c3c1c2[C@@H](NC(=O)O[C@@H]1COC[C@H]1SSC)CC3. The Bertz CT molecular complexity index is 1780. The number of fused-ring (bicyclic) bond motifs is 5. The van der Waals surface area contributed by atoms with Crippen LogP contribution in [0.5, 0.6) is 0 Å². The van der Waals surface area contributed by atoms with E-state index >= 15 is 4.39 Å². The number of hydrogen-bond acceptors (Lipinski definition) is 10. The molecule has 0 spiro atoms. The second-order valence-corrected chi connectivity index (χ2v) is 14.0. The highest BCUT2D eigenvalue weighted by Crippen LogP contribution is 2.46. The topological polar surface area (TPSA) is 129 Å². The zero-order chi connectivity index (χ0) is 30.2. The minimum atomic E-state index is -1.96. The van der Waals surface area contributed by atoms with Gasteiger partial charge in [-0.1, -0.05) is 28.5 Å². The fraction of sp³-hybridized carbons (Fsp3) is 0.467. The second-order valence-electron chi connectivity index (χ2n) is 11.3. The lowest BCUT2D eigenvalue weighted by molar-refractivity contribution is -0.172. The summed E-state index contributed by atoms with van der Waals surface area (Å²) in [7, 11) is 3.20. The van der Waals surface area contributed by atoms with E-state index in [-0.39, 0.29) is 53.4 Å². The Morgan fingerprint density at radius 2 is 2.09 bits per heavy atom. The van der Waals surface area contributed by atoms with Crippen molar-refractivity contribution in [3.63, 3.8) is 0 Å². The Morgan fingerprint density at radius 1 is 1.28 bits per heavy atom. The lowest BCUT2D eigenvalue weighted by Crippen LogP contribution is -2.44. The van der Waals surface area contributed by atoms with Gasteiger partial charge in [0, 0.05) is 22.6 Å². The van der Waals surface area contributed by atoms with Gasteiger partial charge in [0.1, 0.15) is 18.5 Å². The first-order valence-electron chi connectivity index (χ1n) is 14.2. The van der Waals surface area contributed by atoms with Crippen molar-refractivity contribution in [3.05, 3.63) is 61.7 Å². The zero-order valence-electron chi connectivity index (χ0n) is 23.8. The minimum Gasteiger partial charge on any atom is -0.458 e. The fourth-order valence-electron chi connectivity index (χ4n) is 6.85. The number of aryl methyl sites for hydroxylation is 1. The van der Waals surface area contributed by atoms with E-state index in [4.69, 9.17) is 19.2 Å². The molecule has 13 heteroatoms. The maximum atomic E-state index is 15.1. The molecule has 3 aliphatic heterocycles. The number of carbonyl (C=O) groups is 2. The van der Waals surface area contributed by atoms with Gasteiger partial charge < -0.3 is 29.2 Å². The standard InChI is InChI=1S/C30H30FN3O7S2/c1-4-30(38)17-7-21-26-15(9-34(21)27(35)16(17)10-40-28(30)36)25-19(33-29(37)41-22-11-39-12-23(22)43-42-3)6-5-14-13(2)18(31)8-20(32-26)24(14)25/h7-8,19,22-23,38H,4-6,9-12H2,1-3H3,(H,33,37)/t19-,22+,23+,30-/m0/s1. The van der Waals surface area contributed by atoms with Crippen LogP contribution in [0.2, 0.25) is 0 Å². The quantitative estimate of drug-likeness (QED) is 0.247. The zero-order valence-corrected chi connectivity index (χ0v) is 25.5. The molecular formula is C30H30FN3O7S2. The van der Waals surface area contributed by atoms with Crippen molar-refractivity contribution in [1.82, 2.24) is 14.9 Å². The summed E-state index contributed by atoms with van der Waals surface area (Å²) in [5.41, 5.74) is 2.24. The molecule has 3 aromatic rings. The van der Waals surface area contributed by atoms with Crippen LogP contribution in [-0.4, -0.2) is 57.5 Å². The Balaban J connectivity index is 1.35. The van der Waals surface area contributed by atoms with E-state index < -0.39 is 23.7 Å². The van der Waals surface area contributed by atoms with Crippen LogP contribution in [0, 0.1) is 12.7 Å². The van der Waals surface area contributed by atoms with E-state index in [1.165, 1.54) is 6.07 Å². The van der Waals surface area contributed by atoms with Gasteiger partial charge in [0.2, 0.25) is 0 Å². The minimum absolute atomic E-state index is 0.0231. The van der Waals surface area contributed by atoms with E-state index in [1.54, 1.807) is 46.1 Å². The van der Waals surface area contributed by atoms with Crippen molar-refractivity contribution >= 4 is 44.6 Å². The first-order chi connectivity index (χ1) is 20.7. The third-order valence-corrected chi connectivity index (χ3v) is 11.3. The normalized spacial score (nSPS) is 25.2. The van der Waals surface area contributed by atoms with Gasteiger partial charge in [-0.25, -0.2) is 19.0 Å². The number of amides is 1. The third-order valence-electron chi connectivity index (χ3n) is 9.13. The number of esters is 1. The first-order valence-corrected chi connectivity index (χ1v) is 16.8. The van der Waals surface area contributed by atoms with Crippen molar-refractivity contribution < 1.29 is 33.3 Å². The Labute approximate surface area is 254 Å². The summed E-state index contributed by atoms with van der Waals surface area (Å²) in [4.78, 5) is 44.4. The smallest absolute Gasteiger partial charge is 0.408 e. The third kappa shape index (κ3) is 4.30. The van der Waals surface area contributed by atoms with Gasteiger partial charge in [-0.15, -0.1) is 0 Å². The molecule has 10 nitrogen and oxygen atoms in total. The average Bonchev–Trinajstić information content (AvgIpc) is 3.58. The van der Waals surface area contributed by atoms with Crippen LogP contribution >= 0.6 is 21.6 Å². The number of pyridine rings is 2.